The van der Waals surface area contributed by atoms with E-state index in [1.165, 1.54) is 12.3 Å². The van der Waals surface area contributed by atoms with E-state index in [-0.39, 0.29) is 23.1 Å². The first-order valence-corrected chi connectivity index (χ1v) is 9.35. The average Bonchev–Trinajstić information content (AvgIpc) is 3.26. The van der Waals surface area contributed by atoms with Gasteiger partial charge in [0.05, 0.1) is 13.2 Å². The van der Waals surface area contributed by atoms with E-state index in [2.05, 4.69) is 5.32 Å². The largest absolute Gasteiger partial charge is 0.486 e. The molecule has 1 aliphatic carbocycles. The number of hydrogen-bond donors (Lipinski definition) is 2. The van der Waals surface area contributed by atoms with Crippen molar-refractivity contribution in [2.75, 3.05) is 6.61 Å². The molecule has 2 N–H and O–H groups in total. The molecule has 2 aromatic heterocycles. The number of fused-ring (bicyclic) bond motifs is 1. The van der Waals surface area contributed by atoms with Crippen LogP contribution in [-0.4, -0.2) is 28.4 Å². The number of nitrogens with one attached hydrogen (secondary N) is 1. The van der Waals surface area contributed by atoms with Crippen molar-refractivity contribution in [1.29, 1.82) is 0 Å². The fourth-order valence-corrected chi connectivity index (χ4v) is 3.78. The quantitative estimate of drug-likeness (QED) is 0.681. The van der Waals surface area contributed by atoms with Crippen molar-refractivity contribution in [3.63, 3.8) is 0 Å². The summed E-state index contributed by atoms with van der Waals surface area (Å²) in [6.07, 6.45) is 6.77. The van der Waals surface area contributed by atoms with Gasteiger partial charge in [0.2, 0.25) is 11.2 Å². The number of carbonyl (C=O) groups is 1. The lowest BCUT2D eigenvalue weighted by Crippen LogP contribution is -2.31. The highest BCUT2D eigenvalue weighted by atomic mass is 16.5. The van der Waals surface area contributed by atoms with Gasteiger partial charge < -0.3 is 24.1 Å². The summed E-state index contributed by atoms with van der Waals surface area (Å²) in [7, 11) is 0. The number of ether oxygens (including phenoxy) is 1. The maximum atomic E-state index is 12.3. The van der Waals surface area contributed by atoms with E-state index in [0.29, 0.717) is 18.9 Å². The van der Waals surface area contributed by atoms with Crippen molar-refractivity contribution in [1.82, 2.24) is 9.88 Å². The number of hydrogen-bond acceptors (Lipinski definition) is 4. The van der Waals surface area contributed by atoms with Crippen LogP contribution in [0.25, 0.3) is 10.8 Å². The number of rotatable bonds is 6. The molecule has 1 aromatic carbocycles. The average molecular weight is 382 g/mol. The van der Waals surface area contributed by atoms with Crippen LogP contribution >= 0.6 is 0 Å². The highest BCUT2D eigenvalue weighted by Crippen LogP contribution is 2.26. The Hall–Kier alpha value is -3.22. The van der Waals surface area contributed by atoms with Crippen molar-refractivity contribution < 1.29 is 19.1 Å². The van der Waals surface area contributed by atoms with Crippen LogP contribution in [0.1, 0.15) is 25.0 Å². The molecule has 7 heteroatoms. The number of amides is 1. The van der Waals surface area contributed by atoms with Gasteiger partial charge in [-0.25, -0.2) is 4.79 Å². The summed E-state index contributed by atoms with van der Waals surface area (Å²) in [5.74, 6) is 0.975. The van der Waals surface area contributed by atoms with Crippen LogP contribution in [0.4, 0.5) is 4.79 Å². The monoisotopic (exact) mass is 382 g/mol. The summed E-state index contributed by atoms with van der Waals surface area (Å²) < 4.78 is 13.2. The Morgan fingerprint density at radius 2 is 2.00 bits per heavy atom. The number of aromatic nitrogens is 1. The fraction of sp³-hybridized carbons (Fsp3) is 0.333. The molecule has 28 heavy (non-hydrogen) atoms. The van der Waals surface area contributed by atoms with Crippen molar-refractivity contribution in [3.8, 4) is 5.75 Å². The molecule has 2 atom stereocenters. The summed E-state index contributed by atoms with van der Waals surface area (Å²) in [5.41, 5.74) is -0.212. The van der Waals surface area contributed by atoms with E-state index in [0.717, 1.165) is 30.0 Å². The van der Waals surface area contributed by atoms with E-state index in [1.807, 2.05) is 41.2 Å². The van der Waals surface area contributed by atoms with Crippen LogP contribution in [0.15, 0.2) is 58.2 Å². The zero-order valence-electron chi connectivity index (χ0n) is 15.3. The Kier molecular flexibility index (Phi) is 5.06. The van der Waals surface area contributed by atoms with E-state index >= 15 is 0 Å². The topological polar surface area (TPSA) is 93.7 Å². The van der Waals surface area contributed by atoms with Crippen molar-refractivity contribution in [2.45, 2.75) is 31.8 Å². The molecule has 2 heterocycles. The second kappa shape index (κ2) is 7.80. The molecule has 0 aliphatic heterocycles. The fourth-order valence-electron chi connectivity index (χ4n) is 3.78. The standard InChI is InChI=1S/C21H22N2O5/c24-19-8-18(11-23-9-15-3-1-2-4-16(15)10-23)27-13-20(19)28-12-14-5-6-17(7-14)22-21(25)26/h1-4,8-10,13-14,17,22H,5-7,11-12H2,(H,25,26). The first kappa shape index (κ1) is 18.2. The Labute approximate surface area is 161 Å². The number of benzene rings is 1. The lowest BCUT2D eigenvalue weighted by Gasteiger charge is -2.12. The first-order valence-electron chi connectivity index (χ1n) is 9.35. The maximum absolute atomic E-state index is 12.3. The zero-order chi connectivity index (χ0) is 19.5. The molecule has 4 rings (SSSR count). The van der Waals surface area contributed by atoms with E-state index in [9.17, 15) is 9.59 Å². The van der Waals surface area contributed by atoms with Gasteiger partial charge in [0.25, 0.3) is 0 Å². The Morgan fingerprint density at radius 1 is 1.25 bits per heavy atom. The molecule has 7 nitrogen and oxygen atoms in total. The third-order valence-electron chi connectivity index (χ3n) is 5.14. The molecule has 146 valence electrons. The normalized spacial score (nSPS) is 19.0. The highest BCUT2D eigenvalue weighted by Gasteiger charge is 2.26. The molecule has 0 bridgehead atoms. The van der Waals surface area contributed by atoms with Gasteiger partial charge in [0, 0.05) is 24.5 Å². The molecule has 1 saturated carbocycles. The van der Waals surface area contributed by atoms with Gasteiger partial charge in [-0.15, -0.1) is 0 Å². The Balaban J connectivity index is 1.35. The van der Waals surface area contributed by atoms with Crippen molar-refractivity contribution in [3.05, 3.63) is 65.0 Å². The minimum absolute atomic E-state index is 0.0398. The molecule has 0 radical (unpaired) electrons. The van der Waals surface area contributed by atoms with Gasteiger partial charge >= 0.3 is 6.09 Å². The third-order valence-corrected chi connectivity index (χ3v) is 5.14. The SMILES string of the molecule is O=C(O)NC1CCC(COc2coc(Cn3cc4ccccc4c3)cc2=O)C1. The van der Waals surface area contributed by atoms with Crippen LogP contribution < -0.4 is 15.5 Å². The summed E-state index contributed by atoms with van der Waals surface area (Å²) in [4.78, 5) is 23.0. The summed E-state index contributed by atoms with van der Waals surface area (Å²) in [6, 6.07) is 9.48. The molecule has 0 spiro atoms. The molecule has 1 amide bonds. The van der Waals surface area contributed by atoms with Crippen molar-refractivity contribution in [2.24, 2.45) is 5.92 Å². The minimum atomic E-state index is -1.00. The van der Waals surface area contributed by atoms with Crippen LogP contribution in [0.5, 0.6) is 5.75 Å². The van der Waals surface area contributed by atoms with E-state index in [1.54, 1.807) is 0 Å². The third kappa shape index (κ3) is 4.19. The molecular formula is C21H22N2O5. The number of nitrogens with zero attached hydrogens (tertiary/aromatic N) is 1. The van der Waals surface area contributed by atoms with Crippen LogP contribution in [0.3, 0.4) is 0 Å². The summed E-state index contributed by atoms with van der Waals surface area (Å²) in [5, 5.41) is 13.6. The molecule has 0 saturated heterocycles. The van der Waals surface area contributed by atoms with Gasteiger partial charge in [-0.3, -0.25) is 4.79 Å². The Morgan fingerprint density at radius 3 is 2.68 bits per heavy atom. The maximum Gasteiger partial charge on any atom is 0.404 e. The summed E-state index contributed by atoms with van der Waals surface area (Å²) in [6.45, 7) is 0.847. The minimum Gasteiger partial charge on any atom is -0.486 e. The first-order chi connectivity index (χ1) is 13.6. The van der Waals surface area contributed by atoms with E-state index in [4.69, 9.17) is 14.3 Å². The smallest absolute Gasteiger partial charge is 0.404 e. The molecule has 2 unspecified atom stereocenters. The van der Waals surface area contributed by atoms with Gasteiger partial charge in [-0.2, -0.15) is 0 Å². The Bertz CT molecular complexity index is 1010. The van der Waals surface area contributed by atoms with Gasteiger partial charge in [-0.05, 0) is 36.0 Å². The highest BCUT2D eigenvalue weighted by molar-refractivity contribution is 5.82. The van der Waals surface area contributed by atoms with Crippen LogP contribution in [0.2, 0.25) is 0 Å². The molecule has 1 fully saturated rings. The van der Waals surface area contributed by atoms with Gasteiger partial charge in [-0.1, -0.05) is 24.3 Å². The lowest BCUT2D eigenvalue weighted by atomic mass is 10.1. The molecule has 3 aromatic rings. The lowest BCUT2D eigenvalue weighted by molar-refractivity contribution is 0.188. The van der Waals surface area contributed by atoms with Gasteiger partial charge in [0.15, 0.2) is 0 Å². The predicted octanol–water partition coefficient (Wildman–Crippen LogP) is 3.46. The van der Waals surface area contributed by atoms with E-state index < -0.39 is 6.09 Å². The number of carboxylic acid groups (broad SMARTS) is 1. The van der Waals surface area contributed by atoms with Crippen LogP contribution in [0, 0.1) is 5.92 Å². The summed E-state index contributed by atoms with van der Waals surface area (Å²) >= 11 is 0. The molecular weight excluding hydrogens is 360 g/mol. The predicted molar refractivity (Wildman–Crippen MR) is 104 cm³/mol. The second-order valence-corrected chi connectivity index (χ2v) is 7.27. The molecule has 1 aliphatic rings. The second-order valence-electron chi connectivity index (χ2n) is 7.27. The van der Waals surface area contributed by atoms with Crippen LogP contribution in [-0.2, 0) is 6.54 Å². The zero-order valence-corrected chi connectivity index (χ0v) is 15.3. The van der Waals surface area contributed by atoms with Crippen molar-refractivity contribution >= 4 is 16.9 Å². The van der Waals surface area contributed by atoms with Gasteiger partial charge in [0.1, 0.15) is 12.0 Å².